The van der Waals surface area contributed by atoms with E-state index in [0.29, 0.717) is 6.54 Å². The number of aryl methyl sites for hydroxylation is 3. The molecule has 0 saturated carbocycles. The lowest BCUT2D eigenvalue weighted by atomic mass is 10.0. The third kappa shape index (κ3) is 1.85. The van der Waals surface area contributed by atoms with E-state index in [1.54, 1.807) is 0 Å². The molecule has 3 rings (SSSR count). The summed E-state index contributed by atoms with van der Waals surface area (Å²) in [5.74, 6) is 0. The maximum Gasteiger partial charge on any atom is 0.0953 e. The van der Waals surface area contributed by atoms with E-state index in [1.165, 1.54) is 41.6 Å². The van der Waals surface area contributed by atoms with Crippen molar-refractivity contribution >= 4 is 0 Å². The molecule has 0 amide bonds. The van der Waals surface area contributed by atoms with Crippen LogP contribution in [0.3, 0.4) is 0 Å². The molecule has 0 atom stereocenters. The van der Waals surface area contributed by atoms with Crippen molar-refractivity contribution in [3.05, 3.63) is 41.3 Å². The summed E-state index contributed by atoms with van der Waals surface area (Å²) in [6, 6.07) is 6.77. The van der Waals surface area contributed by atoms with E-state index in [2.05, 4.69) is 27.8 Å². The average Bonchev–Trinajstić information content (AvgIpc) is 2.97. The van der Waals surface area contributed by atoms with Gasteiger partial charge in [0.2, 0.25) is 0 Å². The Kier molecular flexibility index (Phi) is 2.92. The van der Waals surface area contributed by atoms with Crippen molar-refractivity contribution in [1.29, 1.82) is 0 Å². The molecule has 0 saturated heterocycles. The molecule has 3 nitrogen and oxygen atoms in total. The van der Waals surface area contributed by atoms with Crippen LogP contribution in [0.1, 0.15) is 23.2 Å². The Morgan fingerprint density at radius 2 is 2.11 bits per heavy atom. The quantitative estimate of drug-likeness (QED) is 0.894. The van der Waals surface area contributed by atoms with E-state index in [9.17, 15) is 0 Å². The van der Waals surface area contributed by atoms with Crippen LogP contribution in [-0.2, 0) is 26.3 Å². The summed E-state index contributed by atoms with van der Waals surface area (Å²) < 4.78 is 2.08. The number of nitrogens with two attached hydrogens (primary N) is 1. The van der Waals surface area contributed by atoms with E-state index in [0.717, 1.165) is 12.1 Å². The molecule has 2 N–H and O–H groups in total. The molecular formula is C15H19N3. The molecule has 0 spiro atoms. The predicted molar refractivity (Wildman–Crippen MR) is 73.4 cm³/mol. The van der Waals surface area contributed by atoms with Gasteiger partial charge in [-0.25, -0.2) is 4.98 Å². The van der Waals surface area contributed by atoms with Crippen molar-refractivity contribution in [3.8, 4) is 11.3 Å². The maximum absolute atomic E-state index is 5.68. The Hall–Kier alpha value is -1.61. The van der Waals surface area contributed by atoms with Crippen LogP contribution < -0.4 is 5.73 Å². The summed E-state index contributed by atoms with van der Waals surface area (Å²) in [4.78, 5) is 4.54. The zero-order valence-electron chi connectivity index (χ0n) is 10.8. The fourth-order valence-electron chi connectivity index (χ4n) is 2.85. The highest BCUT2D eigenvalue weighted by atomic mass is 15.0. The zero-order valence-corrected chi connectivity index (χ0v) is 10.8. The Labute approximate surface area is 108 Å². The van der Waals surface area contributed by atoms with Crippen LogP contribution in [0.25, 0.3) is 11.3 Å². The topological polar surface area (TPSA) is 43.8 Å². The molecule has 1 aromatic heterocycles. The summed E-state index contributed by atoms with van der Waals surface area (Å²) in [5.41, 5.74) is 12.3. The van der Waals surface area contributed by atoms with Crippen LogP contribution in [0.4, 0.5) is 0 Å². The van der Waals surface area contributed by atoms with Gasteiger partial charge in [0, 0.05) is 24.7 Å². The summed E-state index contributed by atoms with van der Waals surface area (Å²) >= 11 is 0. The monoisotopic (exact) mass is 241 g/mol. The highest BCUT2D eigenvalue weighted by molar-refractivity contribution is 5.64. The minimum atomic E-state index is 0.664. The molecule has 18 heavy (non-hydrogen) atoms. The summed E-state index contributed by atoms with van der Waals surface area (Å²) in [5, 5.41) is 0. The molecule has 3 heteroatoms. The number of hydrogen-bond acceptors (Lipinski definition) is 2. The molecule has 0 radical (unpaired) electrons. The SMILES string of the molecule is Cn1cnc(-c2ccc3c(c2)CCC3)c1CCN. The fraction of sp³-hybridized carbons (Fsp3) is 0.400. The van der Waals surface area contributed by atoms with Gasteiger partial charge in [0.1, 0.15) is 0 Å². The standard InChI is InChI=1S/C15H19N3/c1-18-10-17-15(14(18)7-8-16)13-6-5-11-3-2-4-12(11)9-13/h5-6,9-10H,2-4,7-8,16H2,1H3. The zero-order chi connectivity index (χ0) is 12.5. The molecule has 1 aromatic carbocycles. The van der Waals surface area contributed by atoms with Crippen molar-refractivity contribution in [2.45, 2.75) is 25.7 Å². The van der Waals surface area contributed by atoms with Crippen molar-refractivity contribution < 1.29 is 0 Å². The third-order valence-electron chi connectivity index (χ3n) is 3.81. The number of aromatic nitrogens is 2. The molecule has 0 unspecified atom stereocenters. The molecule has 2 aromatic rings. The normalized spacial score (nSPS) is 13.9. The molecule has 94 valence electrons. The van der Waals surface area contributed by atoms with E-state index in [-0.39, 0.29) is 0 Å². The largest absolute Gasteiger partial charge is 0.337 e. The Balaban J connectivity index is 2.04. The van der Waals surface area contributed by atoms with Crippen LogP contribution in [0, 0.1) is 0 Å². The molecule has 0 fully saturated rings. The first-order chi connectivity index (χ1) is 8.79. The Bertz CT molecular complexity index is 569. The minimum absolute atomic E-state index is 0.664. The molecule has 1 aliphatic rings. The minimum Gasteiger partial charge on any atom is -0.337 e. The molecule has 0 bridgehead atoms. The number of hydrogen-bond donors (Lipinski definition) is 1. The molecular weight excluding hydrogens is 222 g/mol. The van der Waals surface area contributed by atoms with E-state index < -0.39 is 0 Å². The van der Waals surface area contributed by atoms with Crippen molar-refractivity contribution in [2.75, 3.05) is 6.54 Å². The first-order valence-corrected chi connectivity index (χ1v) is 6.62. The summed E-state index contributed by atoms with van der Waals surface area (Å²) in [6.07, 6.45) is 6.49. The lowest BCUT2D eigenvalue weighted by molar-refractivity contribution is 0.805. The van der Waals surface area contributed by atoms with Gasteiger partial charge in [-0.3, -0.25) is 0 Å². The lowest BCUT2D eigenvalue weighted by Gasteiger charge is -2.07. The van der Waals surface area contributed by atoms with E-state index in [1.807, 2.05) is 13.4 Å². The molecule has 1 heterocycles. The highest BCUT2D eigenvalue weighted by Crippen LogP contribution is 2.29. The number of imidazole rings is 1. The lowest BCUT2D eigenvalue weighted by Crippen LogP contribution is -2.07. The Morgan fingerprint density at radius 3 is 2.94 bits per heavy atom. The summed E-state index contributed by atoms with van der Waals surface area (Å²) in [7, 11) is 2.04. The van der Waals surface area contributed by atoms with E-state index >= 15 is 0 Å². The van der Waals surface area contributed by atoms with Crippen LogP contribution in [0.5, 0.6) is 0 Å². The first-order valence-electron chi connectivity index (χ1n) is 6.62. The van der Waals surface area contributed by atoms with Gasteiger partial charge in [-0.1, -0.05) is 12.1 Å². The summed E-state index contributed by atoms with van der Waals surface area (Å²) in [6.45, 7) is 0.664. The highest BCUT2D eigenvalue weighted by Gasteiger charge is 2.15. The molecule has 0 aliphatic heterocycles. The number of benzene rings is 1. The fourth-order valence-corrected chi connectivity index (χ4v) is 2.85. The van der Waals surface area contributed by atoms with Crippen molar-refractivity contribution in [1.82, 2.24) is 9.55 Å². The van der Waals surface area contributed by atoms with E-state index in [4.69, 9.17) is 5.73 Å². The van der Waals surface area contributed by atoms with Crippen LogP contribution in [0.2, 0.25) is 0 Å². The number of rotatable bonds is 3. The van der Waals surface area contributed by atoms with Gasteiger partial charge in [0.15, 0.2) is 0 Å². The van der Waals surface area contributed by atoms with Gasteiger partial charge in [-0.05, 0) is 43.0 Å². The second kappa shape index (κ2) is 4.58. The van der Waals surface area contributed by atoms with Gasteiger partial charge < -0.3 is 10.3 Å². The Morgan fingerprint density at radius 1 is 1.28 bits per heavy atom. The second-order valence-corrected chi connectivity index (χ2v) is 5.03. The number of fused-ring (bicyclic) bond motifs is 1. The maximum atomic E-state index is 5.68. The van der Waals surface area contributed by atoms with Gasteiger partial charge in [-0.2, -0.15) is 0 Å². The third-order valence-corrected chi connectivity index (χ3v) is 3.81. The number of nitrogens with zero attached hydrogens (tertiary/aromatic N) is 2. The van der Waals surface area contributed by atoms with Gasteiger partial charge in [0.25, 0.3) is 0 Å². The van der Waals surface area contributed by atoms with Crippen molar-refractivity contribution in [2.24, 2.45) is 12.8 Å². The first kappa shape index (κ1) is 11.5. The van der Waals surface area contributed by atoms with Crippen LogP contribution in [0.15, 0.2) is 24.5 Å². The van der Waals surface area contributed by atoms with Gasteiger partial charge >= 0.3 is 0 Å². The van der Waals surface area contributed by atoms with Crippen molar-refractivity contribution in [3.63, 3.8) is 0 Å². The average molecular weight is 241 g/mol. The van der Waals surface area contributed by atoms with Crippen LogP contribution >= 0.6 is 0 Å². The van der Waals surface area contributed by atoms with Gasteiger partial charge in [0.05, 0.1) is 12.0 Å². The smallest absolute Gasteiger partial charge is 0.0953 e. The second-order valence-electron chi connectivity index (χ2n) is 5.03. The van der Waals surface area contributed by atoms with Crippen LogP contribution in [-0.4, -0.2) is 16.1 Å². The predicted octanol–water partition coefficient (Wildman–Crippen LogP) is 2.08. The molecule has 1 aliphatic carbocycles. The van der Waals surface area contributed by atoms with Gasteiger partial charge in [-0.15, -0.1) is 0 Å².